The predicted molar refractivity (Wildman–Crippen MR) is 80.8 cm³/mol. The van der Waals surface area contributed by atoms with Crippen LogP contribution in [-0.4, -0.2) is 28.5 Å². The summed E-state index contributed by atoms with van der Waals surface area (Å²) in [6.45, 7) is 5.80. The molecule has 2 heterocycles. The third-order valence-electron chi connectivity index (χ3n) is 3.04. The Hall–Kier alpha value is -0.820. The molecular formula is C14H17ClFNO3S. The number of ether oxygens (including phenoxy) is 3. The fraction of sp³-hybridized carbons (Fsp3) is 0.571. The molecular weight excluding hydrogens is 317 g/mol. The van der Waals surface area contributed by atoms with Gasteiger partial charge in [-0.15, -0.1) is 0 Å². The zero-order chi connectivity index (χ0) is 15.6. The summed E-state index contributed by atoms with van der Waals surface area (Å²) in [4.78, 5) is 3.81. The molecule has 1 aliphatic heterocycles. The minimum atomic E-state index is -0.620. The van der Waals surface area contributed by atoms with Gasteiger partial charge < -0.3 is 14.2 Å². The first-order valence-corrected chi connectivity index (χ1v) is 7.35. The first-order chi connectivity index (χ1) is 9.77. The topological polar surface area (TPSA) is 40.6 Å². The second kappa shape index (κ2) is 6.52. The van der Waals surface area contributed by atoms with Crippen LogP contribution >= 0.6 is 23.8 Å². The maximum atomic E-state index is 13.6. The molecule has 2 atom stereocenters. The first-order valence-electron chi connectivity index (χ1n) is 6.57. The zero-order valence-electron chi connectivity index (χ0n) is 12.1. The molecule has 2 rings (SSSR count). The van der Waals surface area contributed by atoms with Crippen molar-refractivity contribution in [1.29, 1.82) is 0 Å². The quantitative estimate of drug-likeness (QED) is 0.619. The highest BCUT2D eigenvalue weighted by Gasteiger charge is 2.35. The summed E-state index contributed by atoms with van der Waals surface area (Å²) >= 11 is 10.6. The summed E-state index contributed by atoms with van der Waals surface area (Å²) in [5.41, 5.74) is 0.564. The van der Waals surface area contributed by atoms with Crippen LogP contribution in [0.2, 0.25) is 5.15 Å². The van der Waals surface area contributed by atoms with E-state index in [1.165, 1.54) is 12.3 Å². The molecule has 1 fully saturated rings. The van der Waals surface area contributed by atoms with Gasteiger partial charge in [0.1, 0.15) is 6.10 Å². The summed E-state index contributed by atoms with van der Waals surface area (Å²) in [6.07, 6.45) is 1.36. The van der Waals surface area contributed by atoms with Gasteiger partial charge in [-0.1, -0.05) is 11.6 Å². The number of rotatable bonds is 4. The lowest BCUT2D eigenvalue weighted by molar-refractivity contribution is -0.141. The van der Waals surface area contributed by atoms with Crippen molar-refractivity contribution in [3.8, 4) is 0 Å². The number of aromatic nitrogens is 1. The molecule has 0 bridgehead atoms. The Morgan fingerprint density at radius 2 is 2.38 bits per heavy atom. The molecule has 1 aromatic rings. The molecule has 7 heteroatoms. The molecule has 0 aliphatic carbocycles. The summed E-state index contributed by atoms with van der Waals surface area (Å²) in [5, 5.41) is 0.201. The lowest BCUT2D eigenvalue weighted by Gasteiger charge is -2.22. The Labute approximate surface area is 133 Å². The Balaban J connectivity index is 2.14. The molecule has 1 saturated heterocycles. The molecule has 0 N–H and O–H groups in total. The monoisotopic (exact) mass is 333 g/mol. The number of nitrogens with zero attached hydrogens (tertiary/aromatic N) is 1. The molecule has 0 aromatic carbocycles. The van der Waals surface area contributed by atoms with E-state index in [9.17, 15) is 4.39 Å². The van der Waals surface area contributed by atoms with Crippen LogP contribution in [-0.2, 0) is 14.2 Å². The van der Waals surface area contributed by atoms with E-state index in [0.717, 1.165) is 0 Å². The van der Waals surface area contributed by atoms with Crippen molar-refractivity contribution in [2.24, 2.45) is 0 Å². The molecule has 0 amide bonds. The van der Waals surface area contributed by atoms with E-state index in [1.54, 1.807) is 6.92 Å². The van der Waals surface area contributed by atoms with E-state index in [1.807, 2.05) is 13.8 Å². The van der Waals surface area contributed by atoms with Crippen molar-refractivity contribution in [2.45, 2.75) is 45.2 Å². The standard InChI is InChI=1S/C14H17ClFNO3S/c1-8(21)19-12(5-10-7-18-14(2,3)20-10)9-4-11(16)13(15)17-6-9/h4,6,10,12H,5,7H2,1-3H3/t10-,12?/m0/s1. The van der Waals surface area contributed by atoms with Crippen LogP contribution in [0.3, 0.4) is 0 Å². The molecule has 4 nitrogen and oxygen atoms in total. The Morgan fingerprint density at radius 1 is 1.67 bits per heavy atom. The van der Waals surface area contributed by atoms with E-state index in [-0.39, 0.29) is 11.3 Å². The predicted octanol–water partition coefficient (Wildman–Crippen LogP) is 3.82. The average Bonchev–Trinajstić information content (AvgIpc) is 2.71. The number of pyridine rings is 1. The SMILES string of the molecule is CC(=S)OC(C[C@H]1COC(C)(C)O1)c1cnc(Cl)c(F)c1. The highest BCUT2D eigenvalue weighted by molar-refractivity contribution is 7.80. The van der Waals surface area contributed by atoms with Crippen molar-refractivity contribution in [2.75, 3.05) is 6.61 Å². The van der Waals surface area contributed by atoms with Crippen LogP contribution in [0.15, 0.2) is 12.3 Å². The third-order valence-corrected chi connectivity index (χ3v) is 3.42. The van der Waals surface area contributed by atoms with E-state index in [4.69, 9.17) is 38.0 Å². The highest BCUT2D eigenvalue weighted by Crippen LogP contribution is 2.31. The number of hydrogen-bond donors (Lipinski definition) is 0. The summed E-state index contributed by atoms with van der Waals surface area (Å²) in [5.74, 6) is -1.21. The lowest BCUT2D eigenvalue weighted by atomic mass is 10.1. The minimum absolute atomic E-state index is 0.155. The number of halogens is 2. The molecule has 1 aliphatic rings. The second-order valence-corrected chi connectivity index (χ2v) is 6.26. The van der Waals surface area contributed by atoms with E-state index in [2.05, 4.69) is 4.98 Å². The Morgan fingerprint density at radius 3 is 2.90 bits per heavy atom. The van der Waals surface area contributed by atoms with Gasteiger partial charge in [0.05, 0.1) is 12.7 Å². The van der Waals surface area contributed by atoms with Gasteiger partial charge in [0, 0.05) is 25.1 Å². The van der Waals surface area contributed by atoms with Gasteiger partial charge in [0.2, 0.25) is 0 Å². The van der Waals surface area contributed by atoms with Crippen LogP contribution < -0.4 is 0 Å². The van der Waals surface area contributed by atoms with Gasteiger partial charge in [-0.2, -0.15) is 0 Å². The van der Waals surface area contributed by atoms with Crippen LogP contribution in [0.5, 0.6) is 0 Å². The summed E-state index contributed by atoms with van der Waals surface area (Å²) < 4.78 is 30.4. The van der Waals surface area contributed by atoms with Gasteiger partial charge in [-0.05, 0) is 32.1 Å². The van der Waals surface area contributed by atoms with Crippen molar-refractivity contribution in [3.63, 3.8) is 0 Å². The normalized spacial score (nSPS) is 22.0. The number of hydrogen-bond acceptors (Lipinski definition) is 5. The van der Waals surface area contributed by atoms with Crippen molar-refractivity contribution in [1.82, 2.24) is 4.98 Å². The maximum Gasteiger partial charge on any atom is 0.164 e. The van der Waals surface area contributed by atoms with Crippen LogP contribution in [0, 0.1) is 5.82 Å². The Kier molecular flexibility index (Phi) is 5.14. The van der Waals surface area contributed by atoms with E-state index in [0.29, 0.717) is 23.6 Å². The van der Waals surface area contributed by atoms with Crippen LogP contribution in [0.4, 0.5) is 4.39 Å². The summed E-state index contributed by atoms with van der Waals surface area (Å²) in [6, 6.07) is 1.30. The fourth-order valence-electron chi connectivity index (χ4n) is 2.18. The molecule has 0 spiro atoms. The number of thiocarbonyl (C=S) groups is 1. The highest BCUT2D eigenvalue weighted by atomic mass is 35.5. The largest absolute Gasteiger partial charge is 0.479 e. The Bertz CT molecular complexity index is 541. The summed E-state index contributed by atoms with van der Waals surface area (Å²) in [7, 11) is 0. The van der Waals surface area contributed by atoms with Gasteiger partial charge in [0.25, 0.3) is 0 Å². The van der Waals surface area contributed by atoms with Gasteiger partial charge >= 0.3 is 0 Å². The second-order valence-electron chi connectivity index (χ2n) is 5.33. The fourth-order valence-corrected chi connectivity index (χ4v) is 2.40. The first kappa shape index (κ1) is 16.5. The molecule has 116 valence electrons. The van der Waals surface area contributed by atoms with E-state index < -0.39 is 17.7 Å². The van der Waals surface area contributed by atoms with Crippen LogP contribution in [0.1, 0.15) is 38.9 Å². The molecule has 1 aromatic heterocycles. The van der Waals surface area contributed by atoms with Crippen LogP contribution in [0.25, 0.3) is 0 Å². The lowest BCUT2D eigenvalue weighted by Crippen LogP contribution is -2.23. The van der Waals surface area contributed by atoms with Gasteiger partial charge in [0.15, 0.2) is 21.8 Å². The van der Waals surface area contributed by atoms with Crippen molar-refractivity contribution >= 4 is 28.9 Å². The average molecular weight is 334 g/mol. The smallest absolute Gasteiger partial charge is 0.164 e. The molecule has 21 heavy (non-hydrogen) atoms. The third kappa shape index (κ3) is 4.57. The maximum absolute atomic E-state index is 13.6. The van der Waals surface area contributed by atoms with E-state index >= 15 is 0 Å². The van der Waals surface area contributed by atoms with Gasteiger partial charge in [-0.3, -0.25) is 0 Å². The molecule has 0 saturated carbocycles. The van der Waals surface area contributed by atoms with Gasteiger partial charge in [-0.25, -0.2) is 9.37 Å². The van der Waals surface area contributed by atoms with Crippen molar-refractivity contribution in [3.05, 3.63) is 28.8 Å². The van der Waals surface area contributed by atoms with Crippen molar-refractivity contribution < 1.29 is 18.6 Å². The molecule has 1 unspecified atom stereocenters. The molecule has 0 radical (unpaired) electrons. The zero-order valence-corrected chi connectivity index (χ0v) is 13.6. The minimum Gasteiger partial charge on any atom is -0.479 e.